The van der Waals surface area contributed by atoms with E-state index >= 15 is 0 Å². The Balaban J connectivity index is 1.33. The van der Waals surface area contributed by atoms with E-state index in [0.29, 0.717) is 44.7 Å². The van der Waals surface area contributed by atoms with Gasteiger partial charge in [0.15, 0.2) is 11.5 Å². The minimum absolute atomic E-state index is 0.127. The lowest BCUT2D eigenvalue weighted by Gasteiger charge is -2.34. The molecule has 31 heavy (non-hydrogen) atoms. The molecule has 0 N–H and O–H groups in total. The van der Waals surface area contributed by atoms with Crippen LogP contribution in [0.3, 0.4) is 0 Å². The van der Waals surface area contributed by atoms with Crippen LogP contribution in [0.25, 0.3) is 16.9 Å². The van der Waals surface area contributed by atoms with Gasteiger partial charge in [-0.25, -0.2) is 0 Å². The van der Waals surface area contributed by atoms with Gasteiger partial charge in [0.25, 0.3) is 10.2 Å². The molecule has 0 bridgehead atoms. The summed E-state index contributed by atoms with van der Waals surface area (Å²) < 4.78 is 31.3. The molecule has 5 heterocycles. The highest BCUT2D eigenvalue weighted by Crippen LogP contribution is 2.30. The molecule has 0 amide bonds. The van der Waals surface area contributed by atoms with Crippen molar-refractivity contribution in [3.63, 3.8) is 0 Å². The van der Waals surface area contributed by atoms with Gasteiger partial charge in [0.05, 0.1) is 5.69 Å². The van der Waals surface area contributed by atoms with Gasteiger partial charge in [-0.05, 0) is 49.9 Å². The van der Waals surface area contributed by atoms with E-state index in [1.54, 1.807) is 25.5 Å². The third-order valence-corrected chi connectivity index (χ3v) is 8.32. The molecule has 3 aromatic rings. The van der Waals surface area contributed by atoms with Crippen molar-refractivity contribution in [1.82, 2.24) is 33.4 Å². The molecule has 0 saturated carbocycles. The summed E-state index contributed by atoms with van der Waals surface area (Å²) >= 11 is 0. The Labute approximate surface area is 182 Å². The molecule has 0 radical (unpaired) electrons. The number of rotatable bonds is 4. The summed E-state index contributed by atoms with van der Waals surface area (Å²) in [6, 6.07) is 7.68. The molecule has 2 aliphatic heterocycles. The largest absolute Gasteiger partial charge is 0.281 e. The maximum absolute atomic E-state index is 13.1. The predicted molar refractivity (Wildman–Crippen MR) is 117 cm³/mol. The second-order valence-corrected chi connectivity index (χ2v) is 10.2. The first kappa shape index (κ1) is 20.5. The number of pyridine rings is 1. The van der Waals surface area contributed by atoms with Crippen LogP contribution in [0.15, 0.2) is 36.7 Å². The standard InChI is InChI=1S/C21H27N7O2S/c29-31(30,26-12-3-1-2-4-13-26)27-14-9-17(10-15-27)21-24-23-20-8-7-19(25-28(20)21)18-6-5-11-22-16-18/h5-8,11,16-17H,1-4,9-10,12-15H2. The summed E-state index contributed by atoms with van der Waals surface area (Å²) in [4.78, 5) is 4.17. The fourth-order valence-corrected chi connectivity index (χ4v) is 6.23. The van der Waals surface area contributed by atoms with Crippen molar-refractivity contribution in [2.24, 2.45) is 0 Å². The lowest BCUT2D eigenvalue weighted by atomic mass is 9.97. The fourth-order valence-electron chi connectivity index (χ4n) is 4.51. The van der Waals surface area contributed by atoms with E-state index in [-0.39, 0.29) is 5.92 Å². The zero-order valence-electron chi connectivity index (χ0n) is 17.5. The Kier molecular flexibility index (Phi) is 5.68. The summed E-state index contributed by atoms with van der Waals surface area (Å²) in [5.41, 5.74) is 2.44. The van der Waals surface area contributed by atoms with E-state index in [0.717, 1.165) is 42.8 Å². The Bertz CT molecular complexity index is 1130. The van der Waals surface area contributed by atoms with Crippen LogP contribution in [0.2, 0.25) is 0 Å². The minimum Gasteiger partial charge on any atom is -0.264 e. The molecule has 0 spiro atoms. The van der Waals surface area contributed by atoms with E-state index in [9.17, 15) is 8.42 Å². The van der Waals surface area contributed by atoms with Crippen LogP contribution in [-0.4, -0.2) is 68.0 Å². The molecule has 0 aromatic carbocycles. The molecule has 164 valence electrons. The van der Waals surface area contributed by atoms with Crippen molar-refractivity contribution in [2.45, 2.75) is 44.4 Å². The van der Waals surface area contributed by atoms with Gasteiger partial charge in [0.2, 0.25) is 0 Å². The summed E-state index contributed by atoms with van der Waals surface area (Å²) in [6.07, 6.45) is 9.08. The van der Waals surface area contributed by atoms with Gasteiger partial charge in [-0.2, -0.15) is 26.6 Å². The van der Waals surface area contributed by atoms with Crippen LogP contribution >= 0.6 is 0 Å². The maximum atomic E-state index is 13.1. The van der Waals surface area contributed by atoms with Gasteiger partial charge < -0.3 is 0 Å². The molecule has 2 aliphatic rings. The molecule has 0 atom stereocenters. The Morgan fingerprint density at radius 1 is 0.871 bits per heavy atom. The third-order valence-electron chi connectivity index (χ3n) is 6.28. The summed E-state index contributed by atoms with van der Waals surface area (Å²) in [6.45, 7) is 2.28. The van der Waals surface area contributed by atoms with Gasteiger partial charge in [0, 0.05) is 50.1 Å². The summed E-state index contributed by atoms with van der Waals surface area (Å²) in [7, 11) is -3.38. The second-order valence-electron chi connectivity index (χ2n) is 8.28. The molecule has 0 unspecified atom stereocenters. The topological polar surface area (TPSA) is 96.6 Å². The first-order valence-electron chi connectivity index (χ1n) is 11.0. The van der Waals surface area contributed by atoms with E-state index < -0.39 is 10.2 Å². The first-order chi connectivity index (χ1) is 15.1. The maximum Gasteiger partial charge on any atom is 0.281 e. The number of aromatic nitrogens is 5. The first-order valence-corrected chi connectivity index (χ1v) is 12.4. The van der Waals surface area contributed by atoms with Crippen LogP contribution in [0, 0.1) is 0 Å². The monoisotopic (exact) mass is 441 g/mol. The molecule has 3 aromatic heterocycles. The van der Waals surface area contributed by atoms with Crippen molar-refractivity contribution in [3.05, 3.63) is 42.5 Å². The van der Waals surface area contributed by atoms with Gasteiger partial charge in [0.1, 0.15) is 0 Å². The predicted octanol–water partition coefficient (Wildman–Crippen LogP) is 2.49. The number of nitrogens with zero attached hydrogens (tertiary/aromatic N) is 7. The van der Waals surface area contributed by atoms with Crippen LogP contribution < -0.4 is 0 Å². The van der Waals surface area contributed by atoms with Crippen molar-refractivity contribution < 1.29 is 8.42 Å². The summed E-state index contributed by atoms with van der Waals surface area (Å²) in [5.74, 6) is 0.926. The lowest BCUT2D eigenvalue weighted by Crippen LogP contribution is -2.47. The van der Waals surface area contributed by atoms with Gasteiger partial charge in [-0.15, -0.1) is 10.2 Å². The smallest absolute Gasteiger partial charge is 0.264 e. The highest BCUT2D eigenvalue weighted by molar-refractivity contribution is 7.86. The summed E-state index contributed by atoms with van der Waals surface area (Å²) in [5, 5.41) is 13.4. The van der Waals surface area contributed by atoms with Gasteiger partial charge >= 0.3 is 0 Å². The molecule has 10 heteroatoms. The molecule has 2 fully saturated rings. The number of piperidine rings is 1. The van der Waals surface area contributed by atoms with Crippen LogP contribution in [0.1, 0.15) is 50.3 Å². The average Bonchev–Trinajstić information content (AvgIpc) is 3.03. The molecular weight excluding hydrogens is 414 g/mol. The zero-order valence-corrected chi connectivity index (χ0v) is 18.3. The van der Waals surface area contributed by atoms with Crippen LogP contribution in [0.5, 0.6) is 0 Å². The zero-order chi connectivity index (χ0) is 21.3. The van der Waals surface area contributed by atoms with Crippen molar-refractivity contribution in [3.8, 4) is 11.3 Å². The molecule has 5 rings (SSSR count). The van der Waals surface area contributed by atoms with Crippen LogP contribution in [0.4, 0.5) is 0 Å². The normalized spacial score (nSPS) is 20.1. The molecule has 0 aliphatic carbocycles. The quantitative estimate of drug-likeness (QED) is 0.617. The Morgan fingerprint density at radius 3 is 2.32 bits per heavy atom. The number of hydrogen-bond acceptors (Lipinski definition) is 6. The minimum atomic E-state index is -3.38. The van der Waals surface area contributed by atoms with Crippen molar-refractivity contribution >= 4 is 15.9 Å². The highest BCUT2D eigenvalue weighted by atomic mass is 32.2. The van der Waals surface area contributed by atoms with E-state index in [1.165, 1.54) is 0 Å². The van der Waals surface area contributed by atoms with Crippen LogP contribution in [-0.2, 0) is 10.2 Å². The van der Waals surface area contributed by atoms with Gasteiger partial charge in [-0.1, -0.05) is 12.8 Å². The average molecular weight is 442 g/mol. The third kappa shape index (κ3) is 4.07. The van der Waals surface area contributed by atoms with Crippen molar-refractivity contribution in [1.29, 1.82) is 0 Å². The Morgan fingerprint density at radius 2 is 1.61 bits per heavy atom. The van der Waals surface area contributed by atoms with Gasteiger partial charge in [-0.3, -0.25) is 4.98 Å². The number of hydrogen-bond donors (Lipinski definition) is 0. The highest BCUT2D eigenvalue weighted by Gasteiger charge is 2.34. The van der Waals surface area contributed by atoms with E-state index in [4.69, 9.17) is 5.10 Å². The molecular formula is C21H27N7O2S. The molecule has 9 nitrogen and oxygen atoms in total. The SMILES string of the molecule is O=S(=O)(N1CCCCCC1)N1CCC(c2nnc3ccc(-c4cccnc4)nn23)CC1. The molecule has 2 saturated heterocycles. The second kappa shape index (κ2) is 8.60. The number of fused-ring (bicyclic) bond motifs is 1. The lowest BCUT2D eigenvalue weighted by molar-refractivity contribution is 0.282. The van der Waals surface area contributed by atoms with E-state index in [2.05, 4.69) is 15.2 Å². The van der Waals surface area contributed by atoms with E-state index in [1.807, 2.05) is 24.3 Å². The van der Waals surface area contributed by atoms with Crippen molar-refractivity contribution in [2.75, 3.05) is 26.2 Å². The Hall–Kier alpha value is -2.43. The fraction of sp³-hybridized carbons (Fsp3) is 0.524.